The van der Waals surface area contributed by atoms with E-state index in [4.69, 9.17) is 42.5 Å². The second kappa shape index (κ2) is 18.3. The van der Waals surface area contributed by atoms with Crippen LogP contribution in [0.1, 0.15) is 61.6 Å². The largest absolute Gasteiger partial charge is 0.490 e. The van der Waals surface area contributed by atoms with Gasteiger partial charge >= 0.3 is 0 Å². The van der Waals surface area contributed by atoms with E-state index < -0.39 is 36.6 Å². The molecule has 2 aliphatic rings. The number of hydrogen-bond acceptors (Lipinski definition) is 10. The maximum atomic E-state index is 12.8. The van der Waals surface area contributed by atoms with Gasteiger partial charge in [0.25, 0.3) is 0 Å². The third kappa shape index (κ3) is 10.4. The molecule has 2 fully saturated rings. The van der Waals surface area contributed by atoms with E-state index in [1.807, 2.05) is 42.6 Å². The molecule has 2 aromatic carbocycles. The van der Waals surface area contributed by atoms with Crippen molar-refractivity contribution >= 4 is 29.1 Å². The lowest BCUT2D eigenvalue weighted by Gasteiger charge is -2.30. The number of aliphatic hydroxyl groups is 5. The summed E-state index contributed by atoms with van der Waals surface area (Å²) in [6.07, 6.45) is 2.92. The lowest BCUT2D eigenvalue weighted by Crippen LogP contribution is -2.50. The topological polar surface area (TPSA) is 162 Å². The van der Waals surface area contributed by atoms with Gasteiger partial charge in [-0.15, -0.1) is 0 Å². The van der Waals surface area contributed by atoms with Crippen LogP contribution < -0.4 is 4.74 Å². The van der Waals surface area contributed by atoms with Gasteiger partial charge in [-0.1, -0.05) is 41.4 Å². The van der Waals surface area contributed by atoms with Crippen molar-refractivity contribution in [3.63, 3.8) is 0 Å². The van der Waals surface area contributed by atoms with Gasteiger partial charge in [0, 0.05) is 53.8 Å². The summed E-state index contributed by atoms with van der Waals surface area (Å²) >= 11 is 13.5. The molecule has 11 nitrogen and oxygen atoms in total. The van der Waals surface area contributed by atoms with Crippen molar-refractivity contribution in [2.45, 2.75) is 94.1 Å². The number of para-hydroxylation sites is 1. The number of aryl methyl sites for hydroxylation is 1. The molecule has 2 saturated carbocycles. The van der Waals surface area contributed by atoms with Gasteiger partial charge < -0.3 is 44.6 Å². The van der Waals surface area contributed by atoms with Gasteiger partial charge in [-0.3, -0.25) is 9.78 Å². The Hall–Kier alpha value is -2.84. The Morgan fingerprint density at radius 2 is 1.69 bits per heavy atom. The minimum absolute atomic E-state index is 0.0671. The Morgan fingerprint density at radius 3 is 2.39 bits per heavy atom. The van der Waals surface area contributed by atoms with Crippen LogP contribution in [0.15, 0.2) is 54.9 Å². The van der Waals surface area contributed by atoms with E-state index in [0.717, 1.165) is 59.3 Å². The average Bonchev–Trinajstić information content (AvgIpc) is 4.09. The Morgan fingerprint density at radius 1 is 0.980 bits per heavy atom. The minimum Gasteiger partial charge on any atom is -0.490 e. The normalized spacial score (nSPS) is 17.4. The Balaban J connectivity index is 1.18. The number of pyridine rings is 1. The molecule has 4 unspecified atom stereocenters. The van der Waals surface area contributed by atoms with Crippen molar-refractivity contribution in [2.24, 2.45) is 0 Å². The minimum atomic E-state index is -1.78. The van der Waals surface area contributed by atoms with Crippen molar-refractivity contribution in [1.82, 2.24) is 9.88 Å². The van der Waals surface area contributed by atoms with Crippen LogP contribution in [-0.2, 0) is 32.9 Å². The van der Waals surface area contributed by atoms with E-state index in [2.05, 4.69) is 11.1 Å². The monoisotopic (exact) mass is 746 g/mol. The summed E-state index contributed by atoms with van der Waals surface area (Å²) in [4.78, 5) is 18.7. The van der Waals surface area contributed by atoms with Crippen LogP contribution in [0.25, 0.3) is 11.1 Å². The van der Waals surface area contributed by atoms with Crippen LogP contribution in [0, 0.1) is 0 Å². The lowest BCUT2D eigenvalue weighted by molar-refractivity contribution is -0.140. The average molecular weight is 748 g/mol. The van der Waals surface area contributed by atoms with Gasteiger partial charge in [-0.25, -0.2) is 0 Å². The van der Waals surface area contributed by atoms with Crippen molar-refractivity contribution in [1.29, 1.82) is 0 Å². The maximum absolute atomic E-state index is 12.8. The molecule has 1 aromatic heterocycles. The van der Waals surface area contributed by atoms with E-state index >= 15 is 0 Å². The number of aliphatic hydroxyl groups excluding tert-OH is 5. The zero-order chi connectivity index (χ0) is 36.5. The zero-order valence-electron chi connectivity index (χ0n) is 28.8. The fourth-order valence-corrected chi connectivity index (χ4v) is 6.60. The Bertz CT molecular complexity index is 1600. The summed E-state index contributed by atoms with van der Waals surface area (Å²) in [7, 11) is 1.47. The fraction of sp³-hybridized carbons (Fsp3) is 0.526. The number of nitrogens with zero attached hydrogens (tertiary/aromatic N) is 2. The predicted octanol–water partition coefficient (Wildman–Crippen LogP) is 4.43. The molecule has 13 heteroatoms. The highest BCUT2D eigenvalue weighted by Gasteiger charge is 2.48. The molecule has 278 valence electrons. The molecule has 3 aromatic rings. The third-order valence-electron chi connectivity index (χ3n) is 9.46. The molecule has 0 aliphatic heterocycles. The van der Waals surface area contributed by atoms with Crippen molar-refractivity contribution in [3.05, 3.63) is 81.6 Å². The van der Waals surface area contributed by atoms with Crippen molar-refractivity contribution in [2.75, 3.05) is 33.4 Å². The summed E-state index contributed by atoms with van der Waals surface area (Å²) in [5.41, 5.74) is 4.22. The van der Waals surface area contributed by atoms with Gasteiger partial charge in [0.1, 0.15) is 30.2 Å². The molecule has 5 N–H and O–H groups in total. The van der Waals surface area contributed by atoms with Crippen LogP contribution in [0.2, 0.25) is 10.0 Å². The van der Waals surface area contributed by atoms with Crippen LogP contribution >= 0.6 is 23.2 Å². The molecule has 51 heavy (non-hydrogen) atoms. The zero-order valence-corrected chi connectivity index (χ0v) is 30.3. The Labute approximate surface area is 308 Å². The molecule has 0 bridgehead atoms. The van der Waals surface area contributed by atoms with Gasteiger partial charge in [-0.2, -0.15) is 0 Å². The van der Waals surface area contributed by atoms with Crippen molar-refractivity contribution in [3.8, 4) is 16.9 Å². The number of methoxy groups -OCH3 is 1. The molecule has 2 aliphatic carbocycles. The molecule has 0 spiro atoms. The van der Waals surface area contributed by atoms with Crippen LogP contribution in [0.4, 0.5) is 0 Å². The quantitative estimate of drug-likeness (QED) is 0.0987. The van der Waals surface area contributed by atoms with E-state index in [1.165, 1.54) is 12.0 Å². The van der Waals surface area contributed by atoms with E-state index in [-0.39, 0.29) is 44.7 Å². The second-order valence-electron chi connectivity index (χ2n) is 13.4. The highest BCUT2D eigenvalue weighted by atomic mass is 35.5. The number of aromatic nitrogens is 1. The van der Waals surface area contributed by atoms with Crippen LogP contribution in [0.3, 0.4) is 0 Å². The standard InChI is InChI=1S/C38H48Cl2N2O9/c1-49-17-12-35(46)42(21-32(44)36(47)37(48)33(45)22-43)16-5-4-6-24-18-31(40)25(19-30(24)39)23-50-38(13-14-38)29-20-41-15-11-27(29)28-7-2-3-8-34(28)51-26-9-10-26/h2-3,7-8,11,15,18-20,26,32-33,36-37,43-45,47-48H,4-6,9-10,12-14,16-17,21-23H2,1H3. The maximum Gasteiger partial charge on any atom is 0.224 e. The summed E-state index contributed by atoms with van der Waals surface area (Å²) in [6, 6.07) is 13.8. The van der Waals surface area contributed by atoms with E-state index in [1.54, 1.807) is 6.20 Å². The fourth-order valence-electron chi connectivity index (χ4n) is 6.08. The number of carbonyl (C=O) groups is 1. The molecule has 5 rings (SSSR count). The Kier molecular flexibility index (Phi) is 14.1. The highest BCUT2D eigenvalue weighted by molar-refractivity contribution is 6.34. The number of benzene rings is 2. The molecule has 4 atom stereocenters. The first kappa shape index (κ1) is 39.4. The number of amides is 1. The second-order valence-corrected chi connectivity index (χ2v) is 14.2. The van der Waals surface area contributed by atoms with Gasteiger partial charge in [-0.05, 0) is 85.9 Å². The summed E-state index contributed by atoms with van der Waals surface area (Å²) in [6.45, 7) is -0.357. The number of carbonyl (C=O) groups excluding carboxylic acids is 1. The molecular weight excluding hydrogens is 699 g/mol. The number of rotatable bonds is 21. The van der Waals surface area contributed by atoms with Crippen molar-refractivity contribution < 1.29 is 44.5 Å². The number of unbranched alkanes of at least 4 members (excludes halogenated alkanes) is 1. The molecular formula is C38H48Cl2N2O9. The van der Waals surface area contributed by atoms with Gasteiger partial charge in [0.2, 0.25) is 5.91 Å². The predicted molar refractivity (Wildman–Crippen MR) is 193 cm³/mol. The molecule has 1 heterocycles. The summed E-state index contributed by atoms with van der Waals surface area (Å²) in [5.74, 6) is 0.568. The van der Waals surface area contributed by atoms with E-state index in [0.29, 0.717) is 29.3 Å². The number of ether oxygens (including phenoxy) is 3. The summed E-state index contributed by atoms with van der Waals surface area (Å²) < 4.78 is 17.8. The van der Waals surface area contributed by atoms with Crippen LogP contribution in [0.5, 0.6) is 5.75 Å². The first-order valence-electron chi connectivity index (χ1n) is 17.5. The van der Waals surface area contributed by atoms with Gasteiger partial charge in [0.05, 0.1) is 37.9 Å². The lowest BCUT2D eigenvalue weighted by atomic mass is 9.96. The molecule has 0 radical (unpaired) electrons. The SMILES string of the molecule is COCCC(=O)N(CCCCc1cc(Cl)c(COC2(c3cnccc3-c3ccccc3OC3CC3)CC2)cc1Cl)CC(O)C(O)C(O)C(O)CO. The molecule has 1 amide bonds. The number of halogens is 2. The third-order valence-corrected chi connectivity index (χ3v) is 10.2. The van der Waals surface area contributed by atoms with Crippen LogP contribution in [-0.4, -0.2) is 105 Å². The summed E-state index contributed by atoms with van der Waals surface area (Å²) in [5, 5.41) is 50.5. The first-order valence-corrected chi connectivity index (χ1v) is 18.2. The smallest absolute Gasteiger partial charge is 0.224 e. The van der Waals surface area contributed by atoms with E-state index in [9.17, 15) is 25.2 Å². The highest BCUT2D eigenvalue weighted by Crippen LogP contribution is 2.53. The van der Waals surface area contributed by atoms with Gasteiger partial charge in [0.15, 0.2) is 0 Å². The molecule has 0 saturated heterocycles. The first-order chi connectivity index (χ1) is 24.6. The number of hydrogen-bond donors (Lipinski definition) is 5.